The molecule has 0 aliphatic rings. The van der Waals surface area contributed by atoms with Crippen LogP contribution in [0, 0.1) is 0 Å². The predicted molar refractivity (Wildman–Crippen MR) is 58.1 cm³/mol. The Labute approximate surface area is 90.7 Å². The Balaban J connectivity index is 3.02. The van der Waals surface area contributed by atoms with Gasteiger partial charge in [-0.25, -0.2) is 4.79 Å². The van der Waals surface area contributed by atoms with Gasteiger partial charge in [0.2, 0.25) is 0 Å². The fourth-order valence-corrected chi connectivity index (χ4v) is 2.05. The summed E-state index contributed by atoms with van der Waals surface area (Å²) in [6.07, 6.45) is 0.810. The highest BCUT2D eigenvalue weighted by molar-refractivity contribution is 6.23. The van der Waals surface area contributed by atoms with Crippen molar-refractivity contribution >= 4 is 34.6 Å². The number of hydrogen-bond acceptors (Lipinski definition) is 1. The number of aryl methyl sites for hydroxylation is 1. The molecule has 3 nitrogen and oxygen atoms in total. The number of imidazole rings is 1. The maximum atomic E-state index is 11.4. The smallest absolute Gasteiger partial charge is 0.245 e. The van der Waals surface area contributed by atoms with Gasteiger partial charge in [0.15, 0.2) is 0 Å². The van der Waals surface area contributed by atoms with Crippen LogP contribution in [0.1, 0.15) is 12.5 Å². The molecule has 0 aliphatic carbocycles. The highest BCUT2D eigenvalue weighted by Gasteiger charge is 2.12. The Hall–Kier alpha value is -0.930. The molecule has 1 aromatic heterocycles. The van der Waals surface area contributed by atoms with Crippen LogP contribution >= 0.6 is 23.6 Å². The molecule has 0 amide bonds. The zero-order valence-electron chi connectivity index (χ0n) is 7.50. The van der Waals surface area contributed by atoms with Crippen molar-refractivity contribution in [1.29, 1.82) is 0 Å². The van der Waals surface area contributed by atoms with Crippen LogP contribution in [0.15, 0.2) is 23.0 Å². The van der Waals surface area contributed by atoms with Crippen molar-refractivity contribution in [2.45, 2.75) is 13.3 Å². The van der Waals surface area contributed by atoms with Gasteiger partial charge in [0.1, 0.15) is 0 Å². The van der Waals surface area contributed by atoms with E-state index in [1.807, 2.05) is 19.1 Å². The summed E-state index contributed by atoms with van der Waals surface area (Å²) in [5.74, 6) is 0. The molecule has 0 unspecified atom stereocenters. The molecule has 0 aliphatic heterocycles. The van der Waals surface area contributed by atoms with Crippen molar-refractivity contribution in [3.8, 4) is 0 Å². The van der Waals surface area contributed by atoms with E-state index in [-0.39, 0.29) is 0 Å². The number of nitrogens with zero attached hydrogens (tertiary/aromatic N) is 2. The Bertz CT molecular complexity index is 541. The number of benzene rings is 1. The zero-order valence-corrected chi connectivity index (χ0v) is 9.01. The average Bonchev–Trinajstić information content (AvgIpc) is 2.44. The van der Waals surface area contributed by atoms with Gasteiger partial charge in [0, 0.05) is 23.6 Å². The normalized spacial score (nSPS) is 11.1. The summed E-state index contributed by atoms with van der Waals surface area (Å²) in [4.78, 5) is 11.4. The minimum atomic E-state index is -0.427. The molecule has 14 heavy (non-hydrogen) atoms. The molecule has 0 atom stereocenters. The highest BCUT2D eigenvalue weighted by atomic mass is 35.5. The van der Waals surface area contributed by atoms with E-state index in [0.717, 1.165) is 20.2 Å². The maximum absolute atomic E-state index is 11.4. The van der Waals surface area contributed by atoms with Crippen molar-refractivity contribution in [3.05, 3.63) is 34.2 Å². The fourth-order valence-electron chi connectivity index (χ4n) is 1.52. The number of fused-ring (bicyclic) bond motifs is 1. The lowest BCUT2D eigenvalue weighted by Crippen LogP contribution is -2.13. The summed E-state index contributed by atoms with van der Waals surface area (Å²) < 4.78 is 2.09. The molecule has 0 radical (unpaired) electrons. The summed E-state index contributed by atoms with van der Waals surface area (Å²) >= 11 is 11.6. The van der Waals surface area contributed by atoms with Gasteiger partial charge >= 0.3 is 5.69 Å². The zero-order chi connectivity index (χ0) is 10.3. The number of aromatic nitrogens is 2. The van der Waals surface area contributed by atoms with E-state index in [4.69, 9.17) is 23.6 Å². The molecule has 0 bridgehead atoms. The van der Waals surface area contributed by atoms with Gasteiger partial charge in [-0.05, 0) is 18.1 Å². The Morgan fingerprint density at radius 1 is 1.29 bits per heavy atom. The molecular formula is C9H8Cl2N2O. The molecule has 2 rings (SSSR count). The Kier molecular flexibility index (Phi) is 2.29. The third kappa shape index (κ3) is 1.16. The van der Waals surface area contributed by atoms with E-state index in [0.29, 0.717) is 11.0 Å². The fraction of sp³-hybridized carbons (Fsp3) is 0.222. The minimum Gasteiger partial charge on any atom is -0.245 e. The maximum Gasteiger partial charge on any atom is 0.358 e. The monoisotopic (exact) mass is 230 g/mol. The van der Waals surface area contributed by atoms with E-state index >= 15 is 0 Å². The van der Waals surface area contributed by atoms with Crippen molar-refractivity contribution in [3.63, 3.8) is 0 Å². The number of halogens is 2. The van der Waals surface area contributed by atoms with Crippen molar-refractivity contribution in [2.24, 2.45) is 0 Å². The van der Waals surface area contributed by atoms with E-state index in [2.05, 4.69) is 0 Å². The van der Waals surface area contributed by atoms with Gasteiger partial charge in [-0.2, -0.15) is 8.17 Å². The molecule has 74 valence electrons. The second-order valence-corrected chi connectivity index (χ2v) is 3.66. The molecule has 2 aromatic rings. The quantitative estimate of drug-likeness (QED) is 0.740. The van der Waals surface area contributed by atoms with Crippen LogP contribution in [0.5, 0.6) is 0 Å². The lowest BCUT2D eigenvalue weighted by Gasteiger charge is -1.99. The van der Waals surface area contributed by atoms with Gasteiger partial charge in [-0.1, -0.05) is 19.1 Å². The first-order valence-corrected chi connectivity index (χ1v) is 4.92. The summed E-state index contributed by atoms with van der Waals surface area (Å²) in [5, 5.41) is 0. The van der Waals surface area contributed by atoms with Crippen LogP contribution in [0.2, 0.25) is 0 Å². The Morgan fingerprint density at radius 3 is 2.64 bits per heavy atom. The molecule has 0 N–H and O–H groups in total. The minimum absolute atomic E-state index is 0.427. The molecule has 1 aromatic carbocycles. The molecular weight excluding hydrogens is 223 g/mol. The predicted octanol–water partition coefficient (Wildman–Crippen LogP) is 2.37. The van der Waals surface area contributed by atoms with E-state index in [1.54, 1.807) is 6.07 Å². The van der Waals surface area contributed by atoms with Crippen LogP contribution in [0.4, 0.5) is 0 Å². The van der Waals surface area contributed by atoms with Crippen LogP contribution in [-0.4, -0.2) is 8.17 Å². The van der Waals surface area contributed by atoms with Gasteiger partial charge in [-0.15, -0.1) is 0 Å². The lowest BCUT2D eigenvalue weighted by molar-refractivity contribution is 1.07. The number of para-hydroxylation sites is 1. The topological polar surface area (TPSA) is 26.9 Å². The SMILES string of the molecule is CCc1cccc2c1n(Cl)c(=O)n2Cl. The first kappa shape index (κ1) is 9.62. The molecule has 5 heteroatoms. The van der Waals surface area contributed by atoms with Crippen molar-refractivity contribution in [2.75, 3.05) is 0 Å². The largest absolute Gasteiger partial charge is 0.358 e. The van der Waals surface area contributed by atoms with Crippen LogP contribution in [-0.2, 0) is 6.42 Å². The van der Waals surface area contributed by atoms with Crippen LogP contribution in [0.3, 0.4) is 0 Å². The first-order chi connectivity index (χ1) is 6.66. The highest BCUT2D eigenvalue weighted by Crippen LogP contribution is 2.19. The average molecular weight is 231 g/mol. The molecule has 0 saturated carbocycles. The second-order valence-electron chi connectivity index (χ2n) is 2.98. The second kappa shape index (κ2) is 3.33. The molecule has 0 spiro atoms. The molecule has 1 heterocycles. The van der Waals surface area contributed by atoms with E-state index in [9.17, 15) is 4.79 Å². The summed E-state index contributed by atoms with van der Waals surface area (Å²) in [7, 11) is 0. The standard InChI is InChI=1S/C9H8Cl2N2O/c1-2-6-4-3-5-7-8(6)13(11)9(14)12(7)10/h3-5H,2H2,1H3. The van der Waals surface area contributed by atoms with Gasteiger partial charge in [0.05, 0.1) is 11.0 Å². The third-order valence-electron chi connectivity index (χ3n) is 2.22. The van der Waals surface area contributed by atoms with Crippen LogP contribution in [0.25, 0.3) is 11.0 Å². The van der Waals surface area contributed by atoms with Crippen molar-refractivity contribution < 1.29 is 0 Å². The number of hydrogen-bond donors (Lipinski definition) is 0. The van der Waals surface area contributed by atoms with Crippen molar-refractivity contribution in [1.82, 2.24) is 8.17 Å². The number of rotatable bonds is 1. The van der Waals surface area contributed by atoms with Gasteiger partial charge < -0.3 is 0 Å². The lowest BCUT2D eigenvalue weighted by atomic mass is 10.1. The third-order valence-corrected chi connectivity index (χ3v) is 2.86. The summed E-state index contributed by atoms with van der Waals surface area (Å²) in [6, 6.07) is 5.55. The first-order valence-electron chi connectivity index (χ1n) is 4.24. The summed E-state index contributed by atoms with van der Waals surface area (Å²) in [5.41, 5.74) is 1.92. The van der Waals surface area contributed by atoms with Crippen LogP contribution < -0.4 is 5.69 Å². The Morgan fingerprint density at radius 2 is 2.00 bits per heavy atom. The van der Waals surface area contributed by atoms with E-state index in [1.165, 1.54) is 0 Å². The van der Waals surface area contributed by atoms with E-state index < -0.39 is 5.69 Å². The molecule has 0 saturated heterocycles. The summed E-state index contributed by atoms with van der Waals surface area (Å²) in [6.45, 7) is 2.00. The molecule has 0 fully saturated rings. The van der Waals surface area contributed by atoms with Gasteiger partial charge in [0.25, 0.3) is 0 Å². The van der Waals surface area contributed by atoms with Gasteiger partial charge in [-0.3, -0.25) is 0 Å².